The van der Waals surface area contributed by atoms with E-state index in [4.69, 9.17) is 0 Å². The van der Waals surface area contributed by atoms with Crippen LogP contribution in [0, 0.1) is 0 Å². The van der Waals surface area contributed by atoms with Gasteiger partial charge in [-0.05, 0) is 24.5 Å². The number of rotatable bonds is 4. The predicted molar refractivity (Wildman–Crippen MR) is 81.2 cm³/mol. The van der Waals surface area contributed by atoms with Crippen LogP contribution in [0.3, 0.4) is 0 Å². The molecule has 1 aromatic carbocycles. The topological polar surface area (TPSA) is 77.8 Å². The molecule has 0 radical (unpaired) electrons. The molecule has 3 fully saturated rings. The molecule has 5 heteroatoms. The van der Waals surface area contributed by atoms with Gasteiger partial charge in [0.25, 0.3) is 0 Å². The van der Waals surface area contributed by atoms with Crippen LogP contribution in [0.1, 0.15) is 24.8 Å². The first-order chi connectivity index (χ1) is 10.5. The van der Waals surface area contributed by atoms with E-state index in [2.05, 4.69) is 0 Å². The van der Waals surface area contributed by atoms with Gasteiger partial charge in [-0.1, -0.05) is 36.4 Å². The zero-order valence-electron chi connectivity index (χ0n) is 12.2. The molecule has 5 nitrogen and oxygen atoms in total. The second-order valence-electron chi connectivity index (χ2n) is 6.16. The highest BCUT2D eigenvalue weighted by Gasteiger charge is 2.60. The van der Waals surface area contributed by atoms with E-state index in [1.165, 1.54) is 6.08 Å². The Kier molecular flexibility index (Phi) is 3.62. The van der Waals surface area contributed by atoms with E-state index >= 15 is 0 Å². The largest absolute Gasteiger partial charge is 0.480 e. The maximum Gasteiger partial charge on any atom is 0.332 e. The Labute approximate surface area is 128 Å². The molecule has 0 aromatic heterocycles. The number of aliphatic hydroxyl groups is 1. The normalized spacial score (nSPS) is 34.0. The molecule has 3 heterocycles. The molecule has 1 aromatic rings. The Bertz CT molecular complexity index is 617. The Morgan fingerprint density at radius 1 is 1.14 bits per heavy atom. The third-order valence-electron chi connectivity index (χ3n) is 4.81. The fraction of sp³-hybridized carbons (Fsp3) is 0.412. The molecule has 3 saturated heterocycles. The molecule has 0 amide bonds. The van der Waals surface area contributed by atoms with E-state index in [1.807, 2.05) is 30.3 Å². The minimum atomic E-state index is -1.63. The second-order valence-corrected chi connectivity index (χ2v) is 6.16. The third-order valence-corrected chi connectivity index (χ3v) is 4.81. The van der Waals surface area contributed by atoms with Crippen LogP contribution in [0.2, 0.25) is 0 Å². The summed E-state index contributed by atoms with van der Waals surface area (Å²) in [5.74, 6) is -1.64. The van der Waals surface area contributed by atoms with Crippen molar-refractivity contribution in [1.82, 2.24) is 4.90 Å². The van der Waals surface area contributed by atoms with Crippen molar-refractivity contribution < 1.29 is 19.8 Å². The van der Waals surface area contributed by atoms with E-state index in [-0.39, 0.29) is 6.42 Å². The average molecular weight is 301 g/mol. The number of nitrogens with zero attached hydrogens (tertiary/aromatic N) is 1. The lowest BCUT2D eigenvalue weighted by atomic mass is 9.69. The summed E-state index contributed by atoms with van der Waals surface area (Å²) in [5, 5.41) is 20.2. The lowest BCUT2D eigenvalue weighted by molar-refractivity contribution is -0.182. The second kappa shape index (κ2) is 5.34. The Hall–Kier alpha value is -1.98. The summed E-state index contributed by atoms with van der Waals surface area (Å²) in [6.07, 6.45) is 3.97. The summed E-state index contributed by atoms with van der Waals surface area (Å²) in [7, 11) is 0. The van der Waals surface area contributed by atoms with Crippen molar-refractivity contribution in [3.8, 4) is 0 Å². The van der Waals surface area contributed by atoms with Gasteiger partial charge in [0.1, 0.15) is 0 Å². The smallest absolute Gasteiger partial charge is 0.332 e. The fourth-order valence-corrected chi connectivity index (χ4v) is 3.50. The van der Waals surface area contributed by atoms with Crippen LogP contribution in [0.15, 0.2) is 36.4 Å². The minimum Gasteiger partial charge on any atom is -0.480 e. The van der Waals surface area contributed by atoms with Gasteiger partial charge in [-0.2, -0.15) is 0 Å². The quantitative estimate of drug-likeness (QED) is 0.648. The maximum atomic E-state index is 12.6. The van der Waals surface area contributed by atoms with Gasteiger partial charge in [0.15, 0.2) is 11.3 Å². The molecule has 3 aliphatic heterocycles. The lowest BCUT2D eigenvalue weighted by Gasteiger charge is -2.54. The molecule has 1 unspecified atom stereocenters. The molecular weight excluding hydrogens is 282 g/mol. The number of carboxylic acid groups (broad SMARTS) is 1. The van der Waals surface area contributed by atoms with E-state index in [1.54, 1.807) is 11.0 Å². The van der Waals surface area contributed by atoms with Crippen LogP contribution in [0.5, 0.6) is 0 Å². The standard InChI is InChI=1S/C17H19NO4/c19-14(7-6-13-4-2-1-3-5-13)17(15(20)21)12-16(22)8-10-18(17)11-9-16/h1-7,22H,8-12H2,(H,20,21). The number of hydrogen-bond acceptors (Lipinski definition) is 4. The number of carboxylic acids is 1. The fourth-order valence-electron chi connectivity index (χ4n) is 3.50. The van der Waals surface area contributed by atoms with Gasteiger partial charge in [-0.15, -0.1) is 0 Å². The molecule has 4 rings (SSSR count). The molecule has 0 saturated carbocycles. The Morgan fingerprint density at radius 3 is 2.32 bits per heavy atom. The Balaban J connectivity index is 1.90. The highest BCUT2D eigenvalue weighted by molar-refractivity contribution is 6.14. The molecule has 0 aliphatic carbocycles. The molecule has 0 spiro atoms. The van der Waals surface area contributed by atoms with Crippen molar-refractivity contribution in [2.45, 2.75) is 30.4 Å². The van der Waals surface area contributed by atoms with Crippen LogP contribution >= 0.6 is 0 Å². The van der Waals surface area contributed by atoms with E-state index in [9.17, 15) is 19.8 Å². The molecule has 1 atom stereocenters. The number of benzene rings is 1. The zero-order chi connectivity index (χ0) is 15.8. The van der Waals surface area contributed by atoms with E-state index in [0.717, 1.165) is 5.56 Å². The van der Waals surface area contributed by atoms with Gasteiger partial charge < -0.3 is 10.2 Å². The summed E-state index contributed by atoms with van der Waals surface area (Å²) in [5.41, 5.74) is -1.83. The molecule has 116 valence electrons. The number of carbonyl (C=O) groups is 2. The molecule has 2 bridgehead atoms. The monoisotopic (exact) mass is 301 g/mol. The van der Waals surface area contributed by atoms with Crippen molar-refractivity contribution in [2.75, 3.05) is 13.1 Å². The molecule has 2 N–H and O–H groups in total. The van der Waals surface area contributed by atoms with Gasteiger partial charge in [0.05, 0.1) is 5.60 Å². The number of carbonyl (C=O) groups excluding carboxylic acids is 1. The van der Waals surface area contributed by atoms with Gasteiger partial charge in [0.2, 0.25) is 0 Å². The van der Waals surface area contributed by atoms with E-state index in [0.29, 0.717) is 25.9 Å². The SMILES string of the molecule is O=C(O)C1(C(=O)C=Cc2ccccc2)CC2(O)CCN1CC2. The zero-order valence-corrected chi connectivity index (χ0v) is 12.2. The summed E-state index contributed by atoms with van der Waals surface area (Å²) >= 11 is 0. The van der Waals surface area contributed by atoms with Crippen LogP contribution in [-0.4, -0.2) is 51.1 Å². The van der Waals surface area contributed by atoms with Crippen LogP contribution in [-0.2, 0) is 9.59 Å². The van der Waals surface area contributed by atoms with Crippen LogP contribution < -0.4 is 0 Å². The first-order valence-corrected chi connectivity index (χ1v) is 7.45. The van der Waals surface area contributed by atoms with Gasteiger partial charge in [0, 0.05) is 19.5 Å². The van der Waals surface area contributed by atoms with Crippen molar-refractivity contribution in [2.24, 2.45) is 0 Å². The highest BCUT2D eigenvalue weighted by atomic mass is 16.4. The summed E-state index contributed by atoms with van der Waals surface area (Å²) in [4.78, 5) is 26.2. The first kappa shape index (κ1) is 14.9. The van der Waals surface area contributed by atoms with Gasteiger partial charge in [-0.3, -0.25) is 9.69 Å². The van der Waals surface area contributed by atoms with Gasteiger partial charge >= 0.3 is 5.97 Å². The van der Waals surface area contributed by atoms with Crippen molar-refractivity contribution in [3.63, 3.8) is 0 Å². The van der Waals surface area contributed by atoms with Crippen molar-refractivity contribution >= 4 is 17.8 Å². The number of piperidine rings is 3. The van der Waals surface area contributed by atoms with Crippen LogP contribution in [0.25, 0.3) is 6.08 Å². The van der Waals surface area contributed by atoms with Crippen LogP contribution in [0.4, 0.5) is 0 Å². The number of ketones is 1. The summed E-state index contributed by atoms with van der Waals surface area (Å²) < 4.78 is 0. The predicted octanol–water partition coefficient (Wildman–Crippen LogP) is 1.32. The number of hydrogen-bond donors (Lipinski definition) is 2. The summed E-state index contributed by atoms with van der Waals surface area (Å²) in [6.45, 7) is 0.876. The van der Waals surface area contributed by atoms with Crippen molar-refractivity contribution in [1.29, 1.82) is 0 Å². The molecular formula is C17H19NO4. The van der Waals surface area contributed by atoms with Gasteiger partial charge in [-0.25, -0.2) is 4.79 Å². The number of fused-ring (bicyclic) bond motifs is 3. The van der Waals surface area contributed by atoms with Crippen molar-refractivity contribution in [3.05, 3.63) is 42.0 Å². The first-order valence-electron chi connectivity index (χ1n) is 7.45. The summed E-state index contributed by atoms with van der Waals surface area (Å²) in [6, 6.07) is 9.27. The average Bonchev–Trinajstić information content (AvgIpc) is 2.53. The highest BCUT2D eigenvalue weighted by Crippen LogP contribution is 2.43. The molecule has 3 aliphatic rings. The lowest BCUT2D eigenvalue weighted by Crippen LogP contribution is -2.71. The maximum absolute atomic E-state index is 12.6. The molecule has 22 heavy (non-hydrogen) atoms. The minimum absolute atomic E-state index is 0.0344. The third kappa shape index (κ3) is 2.36. The Morgan fingerprint density at radius 2 is 1.77 bits per heavy atom. The van der Waals surface area contributed by atoms with E-state index < -0.39 is 22.9 Å². The number of aliphatic carboxylic acids is 1.